The van der Waals surface area contributed by atoms with E-state index in [9.17, 15) is 14.4 Å². The number of halogens is 4. The highest BCUT2D eigenvalue weighted by Crippen LogP contribution is 2.44. The minimum Gasteiger partial charge on any atom is -0.274 e. The number of fused-ring (bicyclic) bond motifs is 1. The van der Waals surface area contributed by atoms with Crippen LogP contribution in [0.1, 0.15) is 23.2 Å². The lowest BCUT2D eigenvalue weighted by atomic mass is 9.81. The monoisotopic (exact) mass is 569 g/mol. The topological polar surface area (TPSA) is 54.5 Å². The Morgan fingerprint density at radius 2 is 1.78 bits per heavy atom. The molecule has 1 saturated carbocycles. The molecule has 1 aliphatic heterocycles. The van der Waals surface area contributed by atoms with Gasteiger partial charge in [0.2, 0.25) is 11.8 Å². The van der Waals surface area contributed by atoms with Gasteiger partial charge in [-0.05, 0) is 47.0 Å². The zero-order valence-corrected chi connectivity index (χ0v) is 18.0. The SMILES string of the molecule is O=C(c1ccc(Br)cc1Br)N1C(=O)C2CCC(Br)C(Br)C2C1=O. The molecule has 0 radical (unpaired) electrons. The predicted octanol–water partition coefficient (Wildman–Crippen LogP) is 4.27. The number of hydrogen-bond donors (Lipinski definition) is 0. The molecule has 0 bridgehead atoms. The van der Waals surface area contributed by atoms with Crippen molar-refractivity contribution in [3.63, 3.8) is 0 Å². The van der Waals surface area contributed by atoms with Crippen molar-refractivity contribution in [2.75, 3.05) is 0 Å². The van der Waals surface area contributed by atoms with Crippen LogP contribution in [0.5, 0.6) is 0 Å². The fourth-order valence-corrected chi connectivity index (χ4v) is 5.79. The smallest absolute Gasteiger partial charge is 0.268 e. The standard InChI is InChI=1S/C15H11Br4NO3/c16-6-1-2-7(10(18)5-6)13(21)20-14(22)8-3-4-9(17)12(19)11(8)15(20)23/h1-2,5,8-9,11-12H,3-4H2. The van der Waals surface area contributed by atoms with E-state index in [1.165, 1.54) is 0 Å². The number of carbonyl (C=O) groups excluding carboxylic acids is 3. The normalized spacial score (nSPS) is 30.5. The summed E-state index contributed by atoms with van der Waals surface area (Å²) in [6, 6.07) is 5.02. The summed E-state index contributed by atoms with van der Waals surface area (Å²) in [6.07, 6.45) is 1.40. The molecule has 1 aliphatic carbocycles. The highest BCUT2D eigenvalue weighted by molar-refractivity contribution is 9.12. The number of amides is 3. The first-order valence-electron chi connectivity index (χ1n) is 6.98. The van der Waals surface area contributed by atoms with Crippen LogP contribution in [0.15, 0.2) is 27.1 Å². The fourth-order valence-electron chi connectivity index (χ4n) is 3.12. The van der Waals surface area contributed by atoms with E-state index in [1.54, 1.807) is 18.2 Å². The van der Waals surface area contributed by atoms with E-state index in [1.807, 2.05) is 0 Å². The molecule has 0 aromatic heterocycles. The van der Waals surface area contributed by atoms with Gasteiger partial charge in [-0.2, -0.15) is 0 Å². The van der Waals surface area contributed by atoms with Crippen molar-refractivity contribution < 1.29 is 14.4 Å². The van der Waals surface area contributed by atoms with Crippen molar-refractivity contribution in [1.29, 1.82) is 0 Å². The molecule has 4 unspecified atom stereocenters. The second kappa shape index (κ2) is 6.69. The molecule has 2 aliphatic rings. The second-order valence-electron chi connectivity index (χ2n) is 5.61. The molecule has 1 heterocycles. The summed E-state index contributed by atoms with van der Waals surface area (Å²) in [7, 11) is 0. The summed E-state index contributed by atoms with van der Waals surface area (Å²) in [6.45, 7) is 0. The summed E-state index contributed by atoms with van der Waals surface area (Å²) >= 11 is 13.7. The van der Waals surface area contributed by atoms with E-state index in [-0.39, 0.29) is 15.6 Å². The van der Waals surface area contributed by atoms with E-state index in [0.29, 0.717) is 16.5 Å². The van der Waals surface area contributed by atoms with Crippen molar-refractivity contribution in [3.05, 3.63) is 32.7 Å². The zero-order chi connectivity index (χ0) is 16.9. The van der Waals surface area contributed by atoms with Gasteiger partial charge in [0, 0.05) is 18.6 Å². The molecule has 0 N–H and O–H groups in total. The minimum atomic E-state index is -0.570. The maximum Gasteiger partial charge on any atom is 0.268 e. The van der Waals surface area contributed by atoms with Crippen molar-refractivity contribution in [1.82, 2.24) is 4.90 Å². The minimum absolute atomic E-state index is 0.120. The van der Waals surface area contributed by atoms with Gasteiger partial charge in [0.15, 0.2) is 0 Å². The molecule has 0 spiro atoms. The molecule has 23 heavy (non-hydrogen) atoms. The highest BCUT2D eigenvalue weighted by atomic mass is 79.9. The van der Waals surface area contributed by atoms with Gasteiger partial charge >= 0.3 is 0 Å². The third-order valence-corrected chi connectivity index (χ3v) is 8.38. The Morgan fingerprint density at radius 3 is 2.43 bits per heavy atom. The Balaban J connectivity index is 1.95. The summed E-state index contributed by atoms with van der Waals surface area (Å²) in [5.41, 5.74) is 0.301. The van der Waals surface area contributed by atoms with Crippen molar-refractivity contribution in [3.8, 4) is 0 Å². The molecule has 4 nitrogen and oxygen atoms in total. The molecule has 3 rings (SSSR count). The average molecular weight is 573 g/mol. The number of rotatable bonds is 1. The van der Waals surface area contributed by atoms with Crippen molar-refractivity contribution >= 4 is 81.4 Å². The maximum atomic E-state index is 12.7. The van der Waals surface area contributed by atoms with E-state index in [0.717, 1.165) is 15.8 Å². The Morgan fingerprint density at radius 1 is 1.09 bits per heavy atom. The summed E-state index contributed by atoms with van der Waals surface area (Å²) in [4.78, 5) is 38.9. The lowest BCUT2D eigenvalue weighted by Gasteiger charge is -2.30. The Bertz CT molecular complexity index is 708. The first-order valence-corrected chi connectivity index (χ1v) is 10.4. The number of nitrogens with zero attached hydrogens (tertiary/aromatic N) is 1. The van der Waals surface area contributed by atoms with Gasteiger partial charge in [0.05, 0.1) is 17.4 Å². The van der Waals surface area contributed by atoms with Crippen molar-refractivity contribution in [2.45, 2.75) is 22.5 Å². The van der Waals surface area contributed by atoms with Gasteiger partial charge in [-0.3, -0.25) is 14.4 Å². The average Bonchev–Trinajstić information content (AvgIpc) is 2.74. The third kappa shape index (κ3) is 3.00. The maximum absolute atomic E-state index is 12.7. The summed E-state index contributed by atoms with van der Waals surface area (Å²) < 4.78 is 1.34. The molecule has 3 amide bonds. The van der Waals surface area contributed by atoms with Crippen LogP contribution < -0.4 is 0 Å². The third-order valence-electron chi connectivity index (χ3n) is 4.28. The second-order valence-corrected chi connectivity index (χ2v) is 9.61. The molecule has 1 aromatic rings. The lowest BCUT2D eigenvalue weighted by Crippen LogP contribution is -2.39. The molecule has 2 fully saturated rings. The van der Waals surface area contributed by atoms with Crippen LogP contribution >= 0.6 is 63.7 Å². The van der Waals surface area contributed by atoms with Gasteiger partial charge in [-0.1, -0.05) is 47.8 Å². The Hall–Kier alpha value is -0.0500. The number of benzene rings is 1. The van der Waals surface area contributed by atoms with E-state index in [2.05, 4.69) is 63.7 Å². The summed E-state index contributed by atoms with van der Waals surface area (Å²) in [5, 5.41) is 0. The van der Waals surface area contributed by atoms with E-state index >= 15 is 0 Å². The number of alkyl halides is 2. The number of likely N-dealkylation sites (tertiary alicyclic amines) is 1. The highest BCUT2D eigenvalue weighted by Gasteiger charge is 2.55. The molecule has 1 aromatic carbocycles. The Labute approximate surface area is 166 Å². The predicted molar refractivity (Wildman–Crippen MR) is 99.7 cm³/mol. The van der Waals surface area contributed by atoms with Crippen LogP contribution in [0.2, 0.25) is 0 Å². The van der Waals surface area contributed by atoms with Crippen LogP contribution in [-0.2, 0) is 9.59 Å². The molecule has 8 heteroatoms. The van der Waals surface area contributed by atoms with Gasteiger partial charge in [0.1, 0.15) is 0 Å². The zero-order valence-electron chi connectivity index (χ0n) is 11.6. The number of imide groups is 3. The number of hydrogen-bond acceptors (Lipinski definition) is 3. The number of carbonyl (C=O) groups is 3. The quantitative estimate of drug-likeness (QED) is 0.373. The van der Waals surface area contributed by atoms with Crippen LogP contribution in [0.4, 0.5) is 0 Å². The summed E-state index contributed by atoms with van der Waals surface area (Å²) in [5.74, 6) is -2.27. The van der Waals surface area contributed by atoms with Gasteiger partial charge in [0.25, 0.3) is 5.91 Å². The van der Waals surface area contributed by atoms with E-state index in [4.69, 9.17) is 0 Å². The fraction of sp³-hybridized carbons (Fsp3) is 0.400. The van der Waals surface area contributed by atoms with Crippen LogP contribution in [0.3, 0.4) is 0 Å². The van der Waals surface area contributed by atoms with Crippen molar-refractivity contribution in [2.24, 2.45) is 11.8 Å². The van der Waals surface area contributed by atoms with Gasteiger partial charge in [-0.25, -0.2) is 4.90 Å². The Kier molecular flexibility index (Phi) is 5.17. The van der Waals surface area contributed by atoms with E-state index < -0.39 is 23.7 Å². The van der Waals surface area contributed by atoms with Gasteiger partial charge < -0.3 is 0 Å². The van der Waals surface area contributed by atoms with Gasteiger partial charge in [-0.15, -0.1) is 0 Å². The molecular weight excluding hydrogens is 562 g/mol. The largest absolute Gasteiger partial charge is 0.274 e. The van der Waals surface area contributed by atoms with Crippen LogP contribution in [-0.4, -0.2) is 32.3 Å². The first-order chi connectivity index (χ1) is 10.8. The molecule has 1 saturated heterocycles. The lowest BCUT2D eigenvalue weighted by molar-refractivity contribution is -0.136. The molecule has 122 valence electrons. The first kappa shape index (κ1) is 17.8. The molecular formula is C15H11Br4NO3. The van der Waals surface area contributed by atoms with Crippen LogP contribution in [0.25, 0.3) is 0 Å². The molecule has 4 atom stereocenters. The van der Waals surface area contributed by atoms with Crippen LogP contribution in [0, 0.1) is 11.8 Å².